The van der Waals surface area contributed by atoms with Crippen LogP contribution in [0.25, 0.3) is 11.3 Å². The number of hydrogen-bond donors (Lipinski definition) is 2. The molecule has 0 bridgehead atoms. The van der Waals surface area contributed by atoms with Crippen molar-refractivity contribution in [3.05, 3.63) is 52.6 Å². The van der Waals surface area contributed by atoms with Crippen LogP contribution in [-0.2, 0) is 16.1 Å². The fourth-order valence-electron chi connectivity index (χ4n) is 2.24. The van der Waals surface area contributed by atoms with E-state index in [2.05, 4.69) is 10.4 Å². The highest BCUT2D eigenvalue weighted by Crippen LogP contribution is 2.18. The molecule has 0 aliphatic carbocycles. The third kappa shape index (κ3) is 5.16. The second kappa shape index (κ2) is 9.14. The molecule has 7 nitrogen and oxygen atoms in total. The number of amides is 1. The molecule has 0 spiro atoms. The Labute approximate surface area is 153 Å². The van der Waals surface area contributed by atoms with Crippen LogP contribution in [0.4, 0.5) is 4.39 Å². The van der Waals surface area contributed by atoms with Crippen molar-refractivity contribution in [2.75, 3.05) is 12.0 Å². The molecule has 1 amide bonds. The summed E-state index contributed by atoms with van der Waals surface area (Å²) in [6.45, 7) is -0.454. The van der Waals surface area contributed by atoms with Crippen LogP contribution < -0.4 is 10.9 Å². The van der Waals surface area contributed by atoms with Crippen LogP contribution in [0.1, 0.15) is 6.42 Å². The van der Waals surface area contributed by atoms with E-state index in [4.69, 9.17) is 5.11 Å². The molecule has 138 valence electrons. The van der Waals surface area contributed by atoms with Crippen LogP contribution in [0.3, 0.4) is 0 Å². The second-order valence-corrected chi connectivity index (χ2v) is 6.42. The van der Waals surface area contributed by atoms with Gasteiger partial charge in [-0.1, -0.05) is 12.1 Å². The van der Waals surface area contributed by atoms with Gasteiger partial charge in [-0.2, -0.15) is 16.9 Å². The molecule has 1 heterocycles. The van der Waals surface area contributed by atoms with Gasteiger partial charge in [0, 0.05) is 11.6 Å². The quantitative estimate of drug-likeness (QED) is 0.718. The molecule has 0 saturated carbocycles. The lowest BCUT2D eigenvalue weighted by Crippen LogP contribution is -2.44. The van der Waals surface area contributed by atoms with Gasteiger partial charge in [0.05, 0.1) is 5.69 Å². The SMILES string of the molecule is CSCC[C@H](NC(=O)Cn1nc(-c2ccccc2F)ccc1=O)C(=O)O. The lowest BCUT2D eigenvalue weighted by molar-refractivity contribution is -0.142. The normalized spacial score (nSPS) is 11.8. The van der Waals surface area contributed by atoms with Gasteiger partial charge in [0.15, 0.2) is 0 Å². The van der Waals surface area contributed by atoms with Crippen molar-refractivity contribution < 1.29 is 19.1 Å². The summed E-state index contributed by atoms with van der Waals surface area (Å²) in [4.78, 5) is 35.2. The maximum atomic E-state index is 13.9. The number of nitrogens with one attached hydrogen (secondary N) is 1. The standard InChI is InChI=1S/C17H18FN3O4S/c1-26-9-8-14(17(24)25)19-15(22)10-21-16(23)7-6-13(20-21)11-4-2-3-5-12(11)18/h2-7,14H,8-10H2,1H3,(H,19,22)(H,24,25)/t14-/m0/s1. The molecular formula is C17H18FN3O4S. The summed E-state index contributed by atoms with van der Waals surface area (Å²) >= 11 is 1.46. The summed E-state index contributed by atoms with van der Waals surface area (Å²) in [5.74, 6) is -1.73. The Hall–Kier alpha value is -2.68. The number of halogens is 1. The lowest BCUT2D eigenvalue weighted by atomic mass is 10.1. The van der Waals surface area contributed by atoms with Crippen molar-refractivity contribution in [1.82, 2.24) is 15.1 Å². The number of carbonyl (C=O) groups is 2. The maximum absolute atomic E-state index is 13.9. The minimum Gasteiger partial charge on any atom is -0.480 e. The zero-order valence-electron chi connectivity index (χ0n) is 14.0. The van der Waals surface area contributed by atoms with Crippen molar-refractivity contribution in [2.24, 2.45) is 0 Å². The highest BCUT2D eigenvalue weighted by molar-refractivity contribution is 7.98. The number of carboxylic acid groups (broad SMARTS) is 1. The van der Waals surface area contributed by atoms with Gasteiger partial charge in [0.2, 0.25) is 5.91 Å². The Bertz CT molecular complexity index is 856. The molecule has 2 aromatic rings. The number of rotatable bonds is 8. The monoisotopic (exact) mass is 379 g/mol. The lowest BCUT2D eigenvalue weighted by Gasteiger charge is -2.14. The van der Waals surface area contributed by atoms with Crippen molar-refractivity contribution >= 4 is 23.6 Å². The van der Waals surface area contributed by atoms with E-state index in [1.54, 1.807) is 6.07 Å². The van der Waals surface area contributed by atoms with E-state index >= 15 is 0 Å². The van der Waals surface area contributed by atoms with E-state index in [9.17, 15) is 18.8 Å². The molecule has 1 aromatic heterocycles. The van der Waals surface area contributed by atoms with E-state index in [1.165, 1.54) is 42.1 Å². The molecular weight excluding hydrogens is 361 g/mol. The van der Waals surface area contributed by atoms with Gasteiger partial charge in [-0.25, -0.2) is 13.9 Å². The van der Waals surface area contributed by atoms with Gasteiger partial charge in [0.25, 0.3) is 5.56 Å². The second-order valence-electron chi connectivity index (χ2n) is 5.43. The third-order valence-electron chi connectivity index (χ3n) is 3.55. The van der Waals surface area contributed by atoms with Crippen LogP contribution in [0.15, 0.2) is 41.2 Å². The molecule has 0 radical (unpaired) electrons. The molecule has 2 N–H and O–H groups in total. The maximum Gasteiger partial charge on any atom is 0.326 e. The summed E-state index contributed by atoms with van der Waals surface area (Å²) in [5.41, 5.74) is -0.145. The van der Waals surface area contributed by atoms with E-state index in [0.717, 1.165) is 4.68 Å². The first-order valence-corrected chi connectivity index (χ1v) is 9.16. The summed E-state index contributed by atoms with van der Waals surface area (Å²) < 4.78 is 14.8. The Morgan fingerprint density at radius 3 is 2.69 bits per heavy atom. The Kier molecular flexibility index (Phi) is 6.90. The number of benzene rings is 1. The number of hydrogen-bond acceptors (Lipinski definition) is 5. The summed E-state index contributed by atoms with van der Waals surface area (Å²) in [6.07, 6.45) is 2.10. The van der Waals surface area contributed by atoms with Gasteiger partial charge in [-0.15, -0.1) is 0 Å². The Balaban J connectivity index is 2.17. The molecule has 0 aliphatic rings. The molecule has 0 fully saturated rings. The predicted molar refractivity (Wildman–Crippen MR) is 96.5 cm³/mol. The molecule has 2 rings (SSSR count). The molecule has 0 aliphatic heterocycles. The van der Waals surface area contributed by atoms with E-state index in [-0.39, 0.29) is 17.7 Å². The molecule has 1 aromatic carbocycles. The smallest absolute Gasteiger partial charge is 0.326 e. The summed E-state index contributed by atoms with van der Waals surface area (Å²) in [5, 5.41) is 15.5. The first kappa shape index (κ1) is 19.6. The first-order chi connectivity index (χ1) is 12.4. The van der Waals surface area contributed by atoms with Crippen LogP contribution in [0, 0.1) is 5.82 Å². The number of aliphatic carboxylic acids is 1. The van der Waals surface area contributed by atoms with Gasteiger partial charge in [-0.3, -0.25) is 9.59 Å². The van der Waals surface area contributed by atoms with E-state index < -0.39 is 35.8 Å². The minimum absolute atomic E-state index is 0.199. The molecule has 0 unspecified atom stereocenters. The number of aromatic nitrogens is 2. The van der Waals surface area contributed by atoms with Gasteiger partial charge < -0.3 is 10.4 Å². The number of carbonyl (C=O) groups excluding carboxylic acids is 1. The minimum atomic E-state index is -1.15. The van der Waals surface area contributed by atoms with Gasteiger partial charge in [-0.05, 0) is 36.6 Å². The zero-order chi connectivity index (χ0) is 19.1. The van der Waals surface area contributed by atoms with E-state index in [0.29, 0.717) is 5.75 Å². The topological polar surface area (TPSA) is 101 Å². The number of carboxylic acids is 1. The predicted octanol–water partition coefficient (Wildman–Crippen LogP) is 1.37. The van der Waals surface area contributed by atoms with Crippen molar-refractivity contribution in [3.8, 4) is 11.3 Å². The third-order valence-corrected chi connectivity index (χ3v) is 4.20. The largest absolute Gasteiger partial charge is 0.480 e. The molecule has 1 atom stereocenters. The van der Waals surface area contributed by atoms with Gasteiger partial charge in [0.1, 0.15) is 18.4 Å². The van der Waals surface area contributed by atoms with Gasteiger partial charge >= 0.3 is 5.97 Å². The fraction of sp³-hybridized carbons (Fsp3) is 0.294. The molecule has 0 saturated heterocycles. The van der Waals surface area contributed by atoms with E-state index in [1.807, 2.05) is 6.26 Å². The first-order valence-electron chi connectivity index (χ1n) is 7.76. The van der Waals surface area contributed by atoms with Crippen molar-refractivity contribution in [1.29, 1.82) is 0 Å². The van der Waals surface area contributed by atoms with Crippen LogP contribution in [0.5, 0.6) is 0 Å². The average molecular weight is 379 g/mol. The summed E-state index contributed by atoms with van der Waals surface area (Å²) in [6, 6.07) is 7.45. The highest BCUT2D eigenvalue weighted by atomic mass is 32.2. The summed E-state index contributed by atoms with van der Waals surface area (Å²) in [7, 11) is 0. The zero-order valence-corrected chi connectivity index (χ0v) is 14.8. The van der Waals surface area contributed by atoms with Crippen LogP contribution in [-0.4, -0.2) is 44.8 Å². The van der Waals surface area contributed by atoms with Crippen LogP contribution >= 0.6 is 11.8 Å². The van der Waals surface area contributed by atoms with Crippen molar-refractivity contribution in [2.45, 2.75) is 19.0 Å². The Morgan fingerprint density at radius 2 is 2.04 bits per heavy atom. The highest BCUT2D eigenvalue weighted by Gasteiger charge is 2.20. The number of thioether (sulfide) groups is 1. The van der Waals surface area contributed by atoms with Crippen molar-refractivity contribution in [3.63, 3.8) is 0 Å². The molecule has 26 heavy (non-hydrogen) atoms. The van der Waals surface area contributed by atoms with Crippen LogP contribution in [0.2, 0.25) is 0 Å². The Morgan fingerprint density at radius 1 is 1.31 bits per heavy atom. The molecule has 9 heteroatoms. The average Bonchev–Trinajstić information content (AvgIpc) is 2.61. The number of nitrogens with zero attached hydrogens (tertiary/aromatic N) is 2. The fourth-order valence-corrected chi connectivity index (χ4v) is 2.72.